The van der Waals surface area contributed by atoms with Gasteiger partial charge in [0, 0.05) is 16.2 Å². The smallest absolute Gasteiger partial charge is 0.307 e. The van der Waals surface area contributed by atoms with E-state index in [0.717, 1.165) is 21.3 Å². The highest BCUT2D eigenvalue weighted by Crippen LogP contribution is 2.23. The molecule has 0 radical (unpaired) electrons. The molecule has 0 fully saturated rings. The first-order valence-corrected chi connectivity index (χ1v) is 10.0. The molecular weight excluding hydrogens is 384 g/mol. The van der Waals surface area contributed by atoms with Crippen LogP contribution in [0.15, 0.2) is 53.3 Å². The Morgan fingerprint density at radius 1 is 1.30 bits per heavy atom. The van der Waals surface area contributed by atoms with Gasteiger partial charge in [0.2, 0.25) is 0 Å². The van der Waals surface area contributed by atoms with E-state index >= 15 is 0 Å². The number of thiophene rings is 1. The van der Waals surface area contributed by atoms with Crippen molar-refractivity contribution in [3.63, 3.8) is 0 Å². The molecule has 0 aliphatic carbocycles. The number of carbonyl (C=O) groups excluding carboxylic acids is 2. The van der Waals surface area contributed by atoms with Crippen LogP contribution in [-0.4, -0.2) is 34.2 Å². The number of benzene rings is 1. The summed E-state index contributed by atoms with van der Waals surface area (Å²) in [6, 6.07) is 10.7. The first kappa shape index (κ1) is 19.1. The molecule has 2 N–H and O–H groups in total. The number of esters is 1. The maximum Gasteiger partial charge on any atom is 0.307 e. The van der Waals surface area contributed by atoms with Crippen molar-refractivity contribution in [2.24, 2.45) is 0 Å². The SMILES string of the molecule is COC(=O)CC(NC(=O)c1ccc(CSc2ncn[nH]2)cc1)c1cccs1. The number of nitrogens with zero attached hydrogens (tertiary/aromatic N) is 2. The highest BCUT2D eigenvalue weighted by atomic mass is 32.2. The van der Waals surface area contributed by atoms with Crippen molar-refractivity contribution in [2.75, 3.05) is 7.11 Å². The van der Waals surface area contributed by atoms with Crippen LogP contribution >= 0.6 is 23.1 Å². The Morgan fingerprint density at radius 2 is 2.11 bits per heavy atom. The predicted octanol–water partition coefficient (Wildman–Crippen LogP) is 3.19. The van der Waals surface area contributed by atoms with Crippen molar-refractivity contribution in [1.29, 1.82) is 0 Å². The third kappa shape index (κ3) is 5.41. The fourth-order valence-electron chi connectivity index (χ4n) is 2.37. The molecule has 3 rings (SSSR count). The van der Waals surface area contributed by atoms with E-state index in [4.69, 9.17) is 4.74 Å². The van der Waals surface area contributed by atoms with Gasteiger partial charge in [-0.2, -0.15) is 5.10 Å². The van der Waals surface area contributed by atoms with E-state index in [9.17, 15) is 9.59 Å². The number of ether oxygens (including phenoxy) is 1. The lowest BCUT2D eigenvalue weighted by Crippen LogP contribution is -2.30. The summed E-state index contributed by atoms with van der Waals surface area (Å²) in [7, 11) is 1.34. The van der Waals surface area contributed by atoms with Gasteiger partial charge in [0.05, 0.1) is 19.6 Å². The van der Waals surface area contributed by atoms with Gasteiger partial charge in [-0.1, -0.05) is 30.0 Å². The highest BCUT2D eigenvalue weighted by Gasteiger charge is 2.20. The van der Waals surface area contributed by atoms with Gasteiger partial charge >= 0.3 is 5.97 Å². The summed E-state index contributed by atoms with van der Waals surface area (Å²) >= 11 is 3.02. The van der Waals surface area contributed by atoms with Crippen molar-refractivity contribution in [3.8, 4) is 0 Å². The maximum atomic E-state index is 12.6. The Labute approximate surface area is 164 Å². The zero-order valence-corrected chi connectivity index (χ0v) is 16.2. The van der Waals surface area contributed by atoms with Crippen LogP contribution in [0.3, 0.4) is 0 Å². The minimum atomic E-state index is -0.411. The van der Waals surface area contributed by atoms with Gasteiger partial charge in [0.25, 0.3) is 5.91 Å². The number of H-pyrrole nitrogens is 1. The summed E-state index contributed by atoms with van der Waals surface area (Å²) in [6.07, 6.45) is 1.56. The molecule has 1 atom stereocenters. The lowest BCUT2D eigenvalue weighted by molar-refractivity contribution is -0.141. The second-order valence-electron chi connectivity index (χ2n) is 5.60. The standard InChI is InChI=1S/C18H18N4O3S2/c1-25-16(23)9-14(15-3-2-8-26-15)21-17(24)13-6-4-12(5-7-13)10-27-18-19-11-20-22-18/h2-8,11,14H,9-10H2,1H3,(H,21,24)(H,19,20,22). The maximum absolute atomic E-state index is 12.6. The minimum absolute atomic E-state index is 0.0919. The number of hydrogen-bond donors (Lipinski definition) is 2. The van der Waals surface area contributed by atoms with Crippen LogP contribution in [0, 0.1) is 0 Å². The molecule has 140 valence electrons. The molecule has 3 aromatic rings. The van der Waals surface area contributed by atoms with Crippen molar-refractivity contribution < 1.29 is 14.3 Å². The number of thioether (sulfide) groups is 1. The molecule has 2 heterocycles. The van der Waals surface area contributed by atoms with Crippen LogP contribution in [0.25, 0.3) is 0 Å². The molecule has 0 spiro atoms. The van der Waals surface area contributed by atoms with Gasteiger partial charge in [-0.3, -0.25) is 14.7 Å². The number of aromatic nitrogens is 3. The minimum Gasteiger partial charge on any atom is -0.469 e. The summed E-state index contributed by atoms with van der Waals surface area (Å²) in [5, 5.41) is 12.2. The molecule has 27 heavy (non-hydrogen) atoms. The Kier molecular flexibility index (Phi) is 6.61. The first-order valence-electron chi connectivity index (χ1n) is 8.14. The van der Waals surface area contributed by atoms with E-state index in [0.29, 0.717) is 5.56 Å². The summed E-state index contributed by atoms with van der Waals surface area (Å²) in [6.45, 7) is 0. The number of aromatic amines is 1. The molecule has 0 saturated heterocycles. The van der Waals surface area contributed by atoms with Gasteiger partial charge in [-0.25, -0.2) is 4.98 Å². The van der Waals surface area contributed by atoms with E-state index in [1.54, 1.807) is 12.1 Å². The average Bonchev–Trinajstić information content (AvgIpc) is 3.40. The third-order valence-corrected chi connectivity index (χ3v) is 5.71. The summed E-state index contributed by atoms with van der Waals surface area (Å²) in [5.41, 5.74) is 1.60. The molecular formula is C18H18N4O3S2. The molecule has 0 saturated carbocycles. The van der Waals surface area contributed by atoms with E-state index in [1.807, 2.05) is 29.6 Å². The Balaban J connectivity index is 1.62. The Morgan fingerprint density at radius 3 is 2.74 bits per heavy atom. The third-order valence-electron chi connectivity index (χ3n) is 3.78. The Hall–Kier alpha value is -2.65. The largest absolute Gasteiger partial charge is 0.469 e. The van der Waals surface area contributed by atoms with Gasteiger partial charge in [0.1, 0.15) is 6.33 Å². The molecule has 1 unspecified atom stereocenters. The lowest BCUT2D eigenvalue weighted by Gasteiger charge is -2.16. The van der Waals surface area contributed by atoms with Crippen molar-refractivity contribution >= 4 is 35.0 Å². The monoisotopic (exact) mass is 402 g/mol. The quantitative estimate of drug-likeness (QED) is 0.444. The van der Waals surface area contributed by atoms with Gasteiger partial charge in [-0.15, -0.1) is 11.3 Å². The summed E-state index contributed by atoms with van der Waals surface area (Å²) in [4.78, 5) is 29.2. The van der Waals surface area contributed by atoms with Gasteiger partial charge in [0.15, 0.2) is 5.16 Å². The number of rotatable bonds is 8. The summed E-state index contributed by atoms with van der Waals surface area (Å²) in [5.74, 6) is 0.122. The Bertz CT molecular complexity index is 865. The van der Waals surface area contributed by atoms with Crippen LogP contribution in [0.1, 0.15) is 33.3 Å². The van der Waals surface area contributed by atoms with Gasteiger partial charge < -0.3 is 10.1 Å². The number of methoxy groups -OCH3 is 1. The van der Waals surface area contributed by atoms with E-state index in [1.165, 1.54) is 36.5 Å². The van der Waals surface area contributed by atoms with Crippen molar-refractivity contribution in [2.45, 2.75) is 23.4 Å². The zero-order chi connectivity index (χ0) is 19.1. The van der Waals surface area contributed by atoms with Crippen LogP contribution in [-0.2, 0) is 15.3 Å². The molecule has 1 amide bonds. The van der Waals surface area contributed by atoms with E-state index in [2.05, 4.69) is 20.5 Å². The van der Waals surface area contributed by atoms with Crippen molar-refractivity contribution in [1.82, 2.24) is 20.5 Å². The fourth-order valence-corrected chi connectivity index (χ4v) is 3.88. The van der Waals surface area contributed by atoms with E-state index in [-0.39, 0.29) is 18.3 Å². The number of carbonyl (C=O) groups is 2. The molecule has 9 heteroatoms. The first-order chi connectivity index (χ1) is 13.2. The van der Waals surface area contributed by atoms with Gasteiger partial charge in [-0.05, 0) is 29.1 Å². The van der Waals surface area contributed by atoms with Crippen LogP contribution < -0.4 is 5.32 Å². The zero-order valence-electron chi connectivity index (χ0n) is 14.5. The molecule has 0 aliphatic rings. The van der Waals surface area contributed by atoms with Crippen LogP contribution in [0.5, 0.6) is 0 Å². The number of amides is 1. The molecule has 0 aliphatic heterocycles. The van der Waals surface area contributed by atoms with Crippen molar-refractivity contribution in [3.05, 3.63) is 64.1 Å². The highest BCUT2D eigenvalue weighted by molar-refractivity contribution is 7.98. The van der Waals surface area contributed by atoms with Crippen LogP contribution in [0.4, 0.5) is 0 Å². The normalized spacial score (nSPS) is 11.7. The number of hydrogen-bond acceptors (Lipinski definition) is 7. The second-order valence-corrected chi connectivity index (χ2v) is 7.54. The van der Waals surface area contributed by atoms with Crippen LogP contribution in [0.2, 0.25) is 0 Å². The predicted molar refractivity (Wildman–Crippen MR) is 104 cm³/mol. The average molecular weight is 403 g/mol. The molecule has 1 aromatic carbocycles. The number of nitrogens with one attached hydrogen (secondary N) is 2. The molecule has 7 nitrogen and oxygen atoms in total. The second kappa shape index (κ2) is 9.33. The summed E-state index contributed by atoms with van der Waals surface area (Å²) < 4.78 is 4.74. The topological polar surface area (TPSA) is 97.0 Å². The lowest BCUT2D eigenvalue weighted by atomic mass is 10.1. The van der Waals surface area contributed by atoms with E-state index < -0.39 is 6.04 Å². The molecule has 2 aromatic heterocycles. The fraction of sp³-hybridized carbons (Fsp3) is 0.222. The molecule has 0 bridgehead atoms.